The summed E-state index contributed by atoms with van der Waals surface area (Å²) < 4.78 is 5.09. The summed E-state index contributed by atoms with van der Waals surface area (Å²) in [7, 11) is 1.58. The number of carbonyl (C=O) groups is 2. The third-order valence-corrected chi connectivity index (χ3v) is 4.26. The number of ether oxygens (including phenoxy) is 1. The summed E-state index contributed by atoms with van der Waals surface area (Å²) in [6.45, 7) is 0. The van der Waals surface area contributed by atoms with Crippen molar-refractivity contribution < 1.29 is 14.3 Å². The molecule has 3 aromatic rings. The number of benzene rings is 3. The van der Waals surface area contributed by atoms with Crippen LogP contribution in [0.2, 0.25) is 0 Å². The topological polar surface area (TPSA) is 67.4 Å². The van der Waals surface area contributed by atoms with Crippen molar-refractivity contribution in [3.05, 3.63) is 90.0 Å². The predicted octanol–water partition coefficient (Wildman–Crippen LogP) is 4.52. The lowest BCUT2D eigenvalue weighted by Crippen LogP contribution is -2.13. The van der Waals surface area contributed by atoms with Crippen molar-refractivity contribution in [2.45, 2.75) is 12.8 Å². The molecule has 0 radical (unpaired) electrons. The van der Waals surface area contributed by atoms with Crippen LogP contribution in [0.15, 0.2) is 78.9 Å². The largest absolute Gasteiger partial charge is 0.497 e. The number of rotatable bonds is 7. The van der Waals surface area contributed by atoms with Crippen molar-refractivity contribution >= 4 is 23.2 Å². The average Bonchev–Trinajstić information content (AvgIpc) is 2.74. The highest BCUT2D eigenvalue weighted by Gasteiger charge is 2.07. The second-order valence-electron chi connectivity index (χ2n) is 6.29. The van der Waals surface area contributed by atoms with E-state index in [-0.39, 0.29) is 11.8 Å². The van der Waals surface area contributed by atoms with Crippen molar-refractivity contribution in [1.82, 2.24) is 0 Å². The molecule has 0 atom stereocenters. The van der Waals surface area contributed by atoms with E-state index in [2.05, 4.69) is 10.6 Å². The minimum Gasteiger partial charge on any atom is -0.497 e. The second kappa shape index (κ2) is 9.37. The number of hydrogen-bond donors (Lipinski definition) is 2. The fourth-order valence-corrected chi connectivity index (χ4v) is 2.71. The maximum absolute atomic E-state index is 12.3. The van der Waals surface area contributed by atoms with Gasteiger partial charge in [0, 0.05) is 23.4 Å². The maximum Gasteiger partial charge on any atom is 0.255 e. The Balaban J connectivity index is 1.51. The summed E-state index contributed by atoms with van der Waals surface area (Å²) in [4.78, 5) is 24.4. The average molecular weight is 374 g/mol. The van der Waals surface area contributed by atoms with Gasteiger partial charge >= 0.3 is 0 Å². The first-order valence-electron chi connectivity index (χ1n) is 9.03. The molecule has 0 bridgehead atoms. The quantitative estimate of drug-likeness (QED) is 0.639. The van der Waals surface area contributed by atoms with Crippen LogP contribution in [0.1, 0.15) is 22.3 Å². The van der Waals surface area contributed by atoms with E-state index in [1.807, 2.05) is 30.3 Å². The lowest BCUT2D eigenvalue weighted by atomic mass is 10.1. The van der Waals surface area contributed by atoms with Crippen molar-refractivity contribution in [2.75, 3.05) is 17.7 Å². The smallest absolute Gasteiger partial charge is 0.255 e. The monoisotopic (exact) mass is 374 g/mol. The fraction of sp³-hybridized carbons (Fsp3) is 0.130. The molecule has 2 amide bonds. The summed E-state index contributed by atoms with van der Waals surface area (Å²) in [6.07, 6.45) is 1.11. The molecule has 5 heteroatoms. The van der Waals surface area contributed by atoms with Crippen molar-refractivity contribution in [3.63, 3.8) is 0 Å². The van der Waals surface area contributed by atoms with Crippen molar-refractivity contribution in [3.8, 4) is 5.75 Å². The molecule has 3 rings (SSSR count). The normalized spacial score (nSPS) is 10.2. The molecule has 0 saturated heterocycles. The van der Waals surface area contributed by atoms with Gasteiger partial charge in [0.25, 0.3) is 5.91 Å². The standard InChI is InChI=1S/C23H22N2O3/c1-28-21-14-8-18(9-15-21)23(27)25-20-12-10-19(11-13-20)24-22(26)16-7-17-5-3-2-4-6-17/h2-6,8-15H,7,16H2,1H3,(H,24,26)(H,25,27). The van der Waals surface area contributed by atoms with Crippen molar-refractivity contribution in [1.29, 1.82) is 0 Å². The van der Waals surface area contributed by atoms with Crippen molar-refractivity contribution in [2.24, 2.45) is 0 Å². The minimum absolute atomic E-state index is 0.0427. The molecule has 0 spiro atoms. The zero-order valence-corrected chi connectivity index (χ0v) is 15.6. The van der Waals surface area contributed by atoms with Crippen LogP contribution < -0.4 is 15.4 Å². The molecule has 0 fully saturated rings. The van der Waals surface area contributed by atoms with Gasteiger partial charge in [-0.05, 0) is 60.5 Å². The Morgan fingerprint density at radius 2 is 1.39 bits per heavy atom. The van der Waals surface area contributed by atoms with Crippen LogP contribution in [0.25, 0.3) is 0 Å². The summed E-state index contributed by atoms with van der Waals surface area (Å²) in [6, 6.07) is 23.8. The van der Waals surface area contributed by atoms with Gasteiger partial charge in [0.15, 0.2) is 0 Å². The predicted molar refractivity (Wildman–Crippen MR) is 111 cm³/mol. The molecule has 0 aromatic heterocycles. The van der Waals surface area contributed by atoms with Gasteiger partial charge in [-0.25, -0.2) is 0 Å². The van der Waals surface area contributed by atoms with Gasteiger partial charge < -0.3 is 15.4 Å². The summed E-state index contributed by atoms with van der Waals surface area (Å²) in [5.74, 6) is 0.449. The highest BCUT2D eigenvalue weighted by molar-refractivity contribution is 6.04. The van der Waals surface area contributed by atoms with E-state index in [1.165, 1.54) is 0 Å². The lowest BCUT2D eigenvalue weighted by molar-refractivity contribution is -0.116. The fourth-order valence-electron chi connectivity index (χ4n) is 2.71. The highest BCUT2D eigenvalue weighted by atomic mass is 16.5. The van der Waals surface area contributed by atoms with Crippen LogP contribution in [0.3, 0.4) is 0 Å². The molecule has 0 saturated carbocycles. The molecule has 0 aliphatic rings. The van der Waals surface area contributed by atoms with Crippen LogP contribution in [0, 0.1) is 0 Å². The molecule has 0 aliphatic heterocycles. The number of hydrogen-bond acceptors (Lipinski definition) is 3. The Hall–Kier alpha value is -3.60. The second-order valence-corrected chi connectivity index (χ2v) is 6.29. The van der Waals surface area contributed by atoms with Gasteiger partial charge in [-0.3, -0.25) is 9.59 Å². The Kier molecular flexibility index (Phi) is 6.41. The van der Waals surface area contributed by atoms with Crippen LogP contribution in [0.4, 0.5) is 11.4 Å². The number of amides is 2. The first-order chi connectivity index (χ1) is 13.6. The van der Waals surface area contributed by atoms with Gasteiger partial charge in [-0.2, -0.15) is 0 Å². The number of nitrogens with one attached hydrogen (secondary N) is 2. The molecule has 2 N–H and O–H groups in total. The first-order valence-corrected chi connectivity index (χ1v) is 9.03. The molecule has 3 aromatic carbocycles. The zero-order valence-electron chi connectivity index (χ0n) is 15.6. The molecular weight excluding hydrogens is 352 g/mol. The van der Waals surface area contributed by atoms with E-state index in [4.69, 9.17) is 4.74 Å². The third-order valence-electron chi connectivity index (χ3n) is 4.26. The van der Waals surface area contributed by atoms with Crippen LogP contribution >= 0.6 is 0 Å². The molecule has 28 heavy (non-hydrogen) atoms. The Labute approximate surface area is 164 Å². The van der Waals surface area contributed by atoms with Gasteiger partial charge in [-0.1, -0.05) is 30.3 Å². The number of carbonyl (C=O) groups excluding carboxylic acids is 2. The van der Waals surface area contributed by atoms with Gasteiger partial charge in [0.2, 0.25) is 5.91 Å². The van der Waals surface area contributed by atoms with Gasteiger partial charge in [0.05, 0.1) is 7.11 Å². The Morgan fingerprint density at radius 3 is 2.00 bits per heavy atom. The summed E-state index contributed by atoms with van der Waals surface area (Å²) in [5.41, 5.74) is 3.02. The van der Waals surface area contributed by atoms with Crippen LogP contribution in [-0.2, 0) is 11.2 Å². The van der Waals surface area contributed by atoms with E-state index in [0.29, 0.717) is 35.5 Å². The van der Waals surface area contributed by atoms with E-state index in [1.54, 1.807) is 55.6 Å². The number of aryl methyl sites for hydroxylation is 1. The molecule has 0 unspecified atom stereocenters. The summed E-state index contributed by atoms with van der Waals surface area (Å²) >= 11 is 0. The minimum atomic E-state index is -0.206. The van der Waals surface area contributed by atoms with Gasteiger partial charge in [-0.15, -0.1) is 0 Å². The van der Waals surface area contributed by atoms with Gasteiger partial charge in [0.1, 0.15) is 5.75 Å². The van der Waals surface area contributed by atoms with E-state index < -0.39 is 0 Å². The lowest BCUT2D eigenvalue weighted by Gasteiger charge is -2.09. The maximum atomic E-state index is 12.3. The highest BCUT2D eigenvalue weighted by Crippen LogP contribution is 2.17. The first kappa shape index (κ1) is 19.2. The zero-order chi connectivity index (χ0) is 19.8. The van der Waals surface area contributed by atoms with E-state index >= 15 is 0 Å². The molecule has 5 nitrogen and oxygen atoms in total. The molecule has 0 aliphatic carbocycles. The Bertz CT molecular complexity index is 920. The molecule has 142 valence electrons. The Morgan fingerprint density at radius 1 is 0.786 bits per heavy atom. The van der Waals surface area contributed by atoms with E-state index in [0.717, 1.165) is 5.56 Å². The third kappa shape index (κ3) is 5.45. The van der Waals surface area contributed by atoms with Crippen LogP contribution in [-0.4, -0.2) is 18.9 Å². The number of anilines is 2. The number of methoxy groups -OCH3 is 1. The molecular formula is C23H22N2O3. The van der Waals surface area contributed by atoms with E-state index in [9.17, 15) is 9.59 Å². The van der Waals surface area contributed by atoms with Crippen LogP contribution in [0.5, 0.6) is 5.75 Å². The SMILES string of the molecule is COc1ccc(C(=O)Nc2ccc(NC(=O)CCc3ccccc3)cc2)cc1. The molecule has 0 heterocycles. The summed E-state index contributed by atoms with van der Waals surface area (Å²) in [5, 5.41) is 5.70.